The fourth-order valence-corrected chi connectivity index (χ4v) is 3.42. The minimum Gasteiger partial charge on any atom is -0.317 e. The van der Waals surface area contributed by atoms with Crippen LogP contribution in [-0.4, -0.2) is 33.8 Å². The average molecular weight is 355 g/mol. The molecule has 1 aliphatic rings. The molecule has 1 fully saturated rings. The van der Waals surface area contributed by atoms with Crippen molar-refractivity contribution in [1.82, 2.24) is 20.1 Å². The third kappa shape index (κ3) is 4.49. The van der Waals surface area contributed by atoms with Crippen LogP contribution in [0.25, 0.3) is 0 Å². The molecular weight excluding hydrogens is 326 g/mol. The third-order valence-electron chi connectivity index (χ3n) is 5.18. The molecule has 0 aliphatic carbocycles. The van der Waals surface area contributed by atoms with Gasteiger partial charge in [-0.3, -0.25) is 10.1 Å². The third-order valence-corrected chi connectivity index (χ3v) is 5.18. The van der Waals surface area contributed by atoms with Crippen LogP contribution in [0.4, 0.5) is 5.95 Å². The highest BCUT2D eigenvalue weighted by Gasteiger charge is 2.21. The Morgan fingerprint density at radius 1 is 1.31 bits per heavy atom. The number of nitrogens with one attached hydrogen (secondary N) is 2. The predicted molar refractivity (Wildman–Crippen MR) is 103 cm³/mol. The molecule has 1 aromatic heterocycles. The van der Waals surface area contributed by atoms with Crippen molar-refractivity contribution in [2.75, 3.05) is 18.4 Å². The van der Waals surface area contributed by atoms with E-state index < -0.39 is 0 Å². The van der Waals surface area contributed by atoms with Crippen molar-refractivity contribution in [1.29, 1.82) is 0 Å². The summed E-state index contributed by atoms with van der Waals surface area (Å²) in [7, 11) is 1.83. The quantitative estimate of drug-likeness (QED) is 0.836. The summed E-state index contributed by atoms with van der Waals surface area (Å²) in [6.07, 6.45) is 3.55. The van der Waals surface area contributed by atoms with E-state index >= 15 is 0 Å². The van der Waals surface area contributed by atoms with Crippen LogP contribution in [0.5, 0.6) is 0 Å². The van der Waals surface area contributed by atoms with E-state index in [4.69, 9.17) is 0 Å². The lowest BCUT2D eigenvalue weighted by atomic mass is 9.96. The highest BCUT2D eigenvalue weighted by atomic mass is 16.1. The van der Waals surface area contributed by atoms with Crippen LogP contribution in [-0.2, 0) is 18.3 Å². The van der Waals surface area contributed by atoms with Gasteiger partial charge < -0.3 is 5.32 Å². The molecule has 6 nitrogen and oxygen atoms in total. The molecule has 1 amide bonds. The molecule has 1 saturated heterocycles. The van der Waals surface area contributed by atoms with Gasteiger partial charge in [-0.05, 0) is 49.4 Å². The molecule has 2 heterocycles. The standard InChI is InChI=1S/C20H29N5O/c1-4-15-5-7-16(8-6-15)14(2)13-18(26)22-20-23-19(24-25(20)3)17-9-11-21-12-10-17/h5-8,14,17,21H,4,9-13H2,1-3H3,(H,22,23,24,26). The van der Waals surface area contributed by atoms with E-state index in [1.165, 1.54) is 11.1 Å². The number of carbonyl (C=O) groups is 1. The van der Waals surface area contributed by atoms with Crippen molar-refractivity contribution >= 4 is 11.9 Å². The predicted octanol–water partition coefficient (Wildman–Crippen LogP) is 2.98. The van der Waals surface area contributed by atoms with E-state index in [1.54, 1.807) is 4.68 Å². The lowest BCUT2D eigenvalue weighted by Gasteiger charge is -2.19. The Bertz CT molecular complexity index is 731. The van der Waals surface area contributed by atoms with Crippen molar-refractivity contribution < 1.29 is 4.79 Å². The molecule has 6 heteroatoms. The topological polar surface area (TPSA) is 71.8 Å². The number of piperidine rings is 1. The number of rotatable bonds is 6. The van der Waals surface area contributed by atoms with Gasteiger partial charge in [-0.15, -0.1) is 0 Å². The SMILES string of the molecule is CCc1ccc(C(C)CC(=O)Nc2nc(C3CCNCC3)nn2C)cc1. The summed E-state index contributed by atoms with van der Waals surface area (Å²) in [5.41, 5.74) is 2.50. The first-order valence-corrected chi connectivity index (χ1v) is 9.57. The molecule has 1 aliphatic heterocycles. The van der Waals surface area contributed by atoms with Crippen LogP contribution in [0.3, 0.4) is 0 Å². The zero-order valence-electron chi connectivity index (χ0n) is 16.0. The molecule has 140 valence electrons. The number of benzene rings is 1. The number of hydrogen-bond donors (Lipinski definition) is 2. The van der Waals surface area contributed by atoms with Crippen LogP contribution in [0.1, 0.15) is 61.9 Å². The Morgan fingerprint density at radius 3 is 2.65 bits per heavy atom. The van der Waals surface area contributed by atoms with Crippen LogP contribution in [0.2, 0.25) is 0 Å². The number of aromatic nitrogens is 3. The number of amides is 1. The Hall–Kier alpha value is -2.21. The zero-order valence-corrected chi connectivity index (χ0v) is 16.0. The Labute approximate surface area is 155 Å². The van der Waals surface area contributed by atoms with E-state index in [0.29, 0.717) is 18.3 Å². The number of nitrogens with zero attached hydrogens (tertiary/aromatic N) is 3. The fraction of sp³-hybridized carbons (Fsp3) is 0.550. The van der Waals surface area contributed by atoms with E-state index in [0.717, 1.165) is 38.2 Å². The van der Waals surface area contributed by atoms with Crippen molar-refractivity contribution in [3.05, 3.63) is 41.2 Å². The van der Waals surface area contributed by atoms with Gasteiger partial charge in [0.15, 0.2) is 5.82 Å². The second kappa shape index (κ2) is 8.45. The molecule has 2 N–H and O–H groups in total. The summed E-state index contributed by atoms with van der Waals surface area (Å²) in [4.78, 5) is 17.0. The average Bonchev–Trinajstić information content (AvgIpc) is 3.03. The highest BCUT2D eigenvalue weighted by Crippen LogP contribution is 2.24. The molecule has 26 heavy (non-hydrogen) atoms. The first kappa shape index (κ1) is 18.6. The Morgan fingerprint density at radius 2 is 2.00 bits per heavy atom. The lowest BCUT2D eigenvalue weighted by Crippen LogP contribution is -2.27. The van der Waals surface area contributed by atoms with Crippen LogP contribution in [0.15, 0.2) is 24.3 Å². The summed E-state index contributed by atoms with van der Waals surface area (Å²) in [5, 5.41) is 10.8. The van der Waals surface area contributed by atoms with Gasteiger partial charge in [0, 0.05) is 19.4 Å². The van der Waals surface area contributed by atoms with E-state index in [2.05, 4.69) is 58.8 Å². The maximum absolute atomic E-state index is 12.5. The molecule has 1 aromatic carbocycles. The summed E-state index contributed by atoms with van der Waals surface area (Å²) in [6, 6.07) is 8.51. The van der Waals surface area contributed by atoms with Crippen molar-refractivity contribution in [2.45, 2.75) is 51.4 Å². The van der Waals surface area contributed by atoms with Gasteiger partial charge in [0.25, 0.3) is 0 Å². The normalized spacial score (nSPS) is 16.4. The number of aryl methyl sites for hydroxylation is 2. The lowest BCUT2D eigenvalue weighted by molar-refractivity contribution is -0.116. The van der Waals surface area contributed by atoms with Gasteiger partial charge in [0.2, 0.25) is 11.9 Å². The Kier molecular flexibility index (Phi) is 6.04. The second-order valence-corrected chi connectivity index (χ2v) is 7.19. The summed E-state index contributed by atoms with van der Waals surface area (Å²) >= 11 is 0. The molecule has 0 spiro atoms. The molecular formula is C20H29N5O. The molecule has 1 unspecified atom stereocenters. The number of carbonyl (C=O) groups excluding carboxylic acids is 1. The largest absolute Gasteiger partial charge is 0.317 e. The van der Waals surface area contributed by atoms with Crippen molar-refractivity contribution in [3.63, 3.8) is 0 Å². The number of anilines is 1. The first-order chi connectivity index (χ1) is 12.6. The van der Waals surface area contributed by atoms with Gasteiger partial charge >= 0.3 is 0 Å². The summed E-state index contributed by atoms with van der Waals surface area (Å²) in [6.45, 7) is 6.22. The minimum atomic E-state index is -0.0237. The monoisotopic (exact) mass is 355 g/mol. The maximum Gasteiger partial charge on any atom is 0.227 e. The molecule has 0 bridgehead atoms. The van der Waals surface area contributed by atoms with Gasteiger partial charge in [-0.2, -0.15) is 10.1 Å². The molecule has 1 atom stereocenters. The van der Waals surface area contributed by atoms with Crippen LogP contribution in [0, 0.1) is 0 Å². The smallest absolute Gasteiger partial charge is 0.227 e. The van der Waals surface area contributed by atoms with Gasteiger partial charge in [0.1, 0.15) is 0 Å². The highest BCUT2D eigenvalue weighted by molar-refractivity contribution is 5.89. The van der Waals surface area contributed by atoms with E-state index in [-0.39, 0.29) is 11.8 Å². The molecule has 3 rings (SSSR count). The van der Waals surface area contributed by atoms with Gasteiger partial charge in [-0.25, -0.2) is 4.68 Å². The van der Waals surface area contributed by atoms with Crippen molar-refractivity contribution in [2.24, 2.45) is 7.05 Å². The number of hydrogen-bond acceptors (Lipinski definition) is 4. The second-order valence-electron chi connectivity index (χ2n) is 7.19. The Balaban J connectivity index is 1.59. The molecule has 0 saturated carbocycles. The van der Waals surface area contributed by atoms with Gasteiger partial charge in [0.05, 0.1) is 0 Å². The van der Waals surface area contributed by atoms with Crippen molar-refractivity contribution in [3.8, 4) is 0 Å². The maximum atomic E-state index is 12.5. The molecule has 2 aromatic rings. The molecule has 0 radical (unpaired) electrons. The zero-order chi connectivity index (χ0) is 18.5. The van der Waals surface area contributed by atoms with Crippen LogP contribution >= 0.6 is 0 Å². The first-order valence-electron chi connectivity index (χ1n) is 9.57. The fourth-order valence-electron chi connectivity index (χ4n) is 3.42. The summed E-state index contributed by atoms with van der Waals surface area (Å²) in [5.74, 6) is 1.90. The minimum absolute atomic E-state index is 0.0237. The van der Waals surface area contributed by atoms with Crippen LogP contribution < -0.4 is 10.6 Å². The van der Waals surface area contributed by atoms with Gasteiger partial charge in [-0.1, -0.05) is 38.1 Å². The van der Waals surface area contributed by atoms with E-state index in [9.17, 15) is 4.79 Å². The summed E-state index contributed by atoms with van der Waals surface area (Å²) < 4.78 is 1.68. The van der Waals surface area contributed by atoms with E-state index in [1.807, 2.05) is 7.05 Å².